The fraction of sp³-hybridized carbons (Fsp3) is 0.500. The number of aliphatic hydroxyl groups is 4. The van der Waals surface area contributed by atoms with Crippen molar-refractivity contribution in [3.63, 3.8) is 0 Å². The predicted octanol–water partition coefficient (Wildman–Crippen LogP) is -1.23. The molecule has 5 atom stereocenters. The molecule has 1 saturated heterocycles. The summed E-state index contributed by atoms with van der Waals surface area (Å²) in [5.41, 5.74) is -0.211. The molecule has 0 unspecified atom stereocenters. The van der Waals surface area contributed by atoms with Crippen molar-refractivity contribution in [2.24, 2.45) is 0 Å². The minimum absolute atomic E-state index is 0.0496. The lowest BCUT2D eigenvalue weighted by Crippen LogP contribution is -2.60. The molecule has 1 aromatic rings. The summed E-state index contributed by atoms with van der Waals surface area (Å²) in [6.07, 6.45) is -7.11. The van der Waals surface area contributed by atoms with Gasteiger partial charge in [-0.05, 0) is 6.07 Å². The third-order valence-electron chi connectivity index (χ3n) is 3.13. The molecule has 1 aliphatic rings. The Kier molecular flexibility index (Phi) is 4.70. The van der Waals surface area contributed by atoms with E-state index >= 15 is 0 Å². The van der Waals surface area contributed by atoms with Crippen LogP contribution >= 0.6 is 0 Å². The molecule has 0 aromatic heterocycles. The summed E-state index contributed by atoms with van der Waals surface area (Å²) in [5, 5.41) is 48.7. The molecule has 1 heterocycles. The number of hydrogen-bond acceptors (Lipinski definition) is 8. The second-order valence-electron chi connectivity index (χ2n) is 4.57. The second kappa shape index (κ2) is 6.33. The van der Waals surface area contributed by atoms with Gasteiger partial charge in [-0.25, -0.2) is 0 Å². The Labute approximate surface area is 119 Å². The second-order valence-corrected chi connectivity index (χ2v) is 4.57. The van der Waals surface area contributed by atoms with Gasteiger partial charge in [0.25, 0.3) is 5.69 Å². The number of nitro benzene ring substituents is 1. The minimum atomic E-state index is -1.57. The van der Waals surface area contributed by atoms with E-state index in [9.17, 15) is 25.4 Å². The lowest BCUT2D eigenvalue weighted by molar-refractivity contribution is -0.385. The van der Waals surface area contributed by atoms with Crippen LogP contribution < -0.4 is 4.74 Å². The van der Waals surface area contributed by atoms with Crippen molar-refractivity contribution in [2.75, 3.05) is 6.61 Å². The van der Waals surface area contributed by atoms with Crippen molar-refractivity contribution < 1.29 is 34.8 Å². The van der Waals surface area contributed by atoms with Crippen LogP contribution in [0.2, 0.25) is 0 Å². The van der Waals surface area contributed by atoms with Gasteiger partial charge < -0.3 is 29.9 Å². The highest BCUT2D eigenvalue weighted by atomic mass is 16.7. The molecular formula is C12H15NO8. The lowest BCUT2D eigenvalue weighted by Gasteiger charge is -2.39. The topological polar surface area (TPSA) is 143 Å². The zero-order valence-electron chi connectivity index (χ0n) is 10.8. The molecule has 0 aliphatic carbocycles. The van der Waals surface area contributed by atoms with Gasteiger partial charge in [0, 0.05) is 6.07 Å². The molecule has 0 radical (unpaired) electrons. The summed E-state index contributed by atoms with van der Waals surface area (Å²) < 4.78 is 10.4. The number of ether oxygens (including phenoxy) is 2. The molecule has 9 heteroatoms. The smallest absolute Gasteiger partial charge is 0.273 e. The van der Waals surface area contributed by atoms with Crippen LogP contribution in [0.25, 0.3) is 0 Å². The molecule has 0 bridgehead atoms. The molecule has 1 aromatic carbocycles. The number of aliphatic hydroxyl groups excluding tert-OH is 4. The molecule has 21 heavy (non-hydrogen) atoms. The first-order valence-corrected chi connectivity index (χ1v) is 6.15. The van der Waals surface area contributed by atoms with Gasteiger partial charge in [0.15, 0.2) is 0 Å². The maximum atomic E-state index is 10.7. The fourth-order valence-corrected chi connectivity index (χ4v) is 1.97. The van der Waals surface area contributed by atoms with Crippen molar-refractivity contribution in [3.05, 3.63) is 34.4 Å². The van der Waals surface area contributed by atoms with Crippen LogP contribution in [0.3, 0.4) is 0 Å². The summed E-state index contributed by atoms with van der Waals surface area (Å²) in [4.78, 5) is 10.1. The lowest BCUT2D eigenvalue weighted by atomic mass is 9.99. The number of rotatable bonds is 4. The average Bonchev–Trinajstić information content (AvgIpc) is 2.48. The van der Waals surface area contributed by atoms with Crippen molar-refractivity contribution in [1.82, 2.24) is 0 Å². The van der Waals surface area contributed by atoms with Crippen LogP contribution in [0.4, 0.5) is 5.69 Å². The minimum Gasteiger partial charge on any atom is -0.462 e. The molecule has 1 aliphatic heterocycles. The van der Waals surface area contributed by atoms with E-state index in [4.69, 9.17) is 14.6 Å². The average molecular weight is 301 g/mol. The molecule has 2 rings (SSSR count). The van der Waals surface area contributed by atoms with Gasteiger partial charge in [-0.3, -0.25) is 10.1 Å². The maximum Gasteiger partial charge on any atom is 0.273 e. The van der Waals surface area contributed by atoms with E-state index in [1.54, 1.807) is 0 Å². The molecule has 9 nitrogen and oxygen atoms in total. The van der Waals surface area contributed by atoms with Crippen LogP contribution in [-0.4, -0.2) is 62.7 Å². The van der Waals surface area contributed by atoms with E-state index in [1.165, 1.54) is 18.2 Å². The predicted molar refractivity (Wildman–Crippen MR) is 67.5 cm³/mol. The van der Waals surface area contributed by atoms with E-state index < -0.39 is 42.2 Å². The maximum absolute atomic E-state index is 10.7. The summed E-state index contributed by atoms with van der Waals surface area (Å²) in [6, 6.07) is 5.19. The number of non-ortho nitro benzene ring substituents is 1. The van der Waals surface area contributed by atoms with Crippen LogP contribution in [0, 0.1) is 10.1 Å². The Morgan fingerprint density at radius 1 is 1.24 bits per heavy atom. The Hall–Kier alpha value is -1.78. The van der Waals surface area contributed by atoms with E-state index in [1.807, 2.05) is 0 Å². The number of hydrogen-bond donors (Lipinski definition) is 4. The van der Waals surface area contributed by atoms with Crippen molar-refractivity contribution in [3.8, 4) is 5.75 Å². The van der Waals surface area contributed by atoms with E-state index in [2.05, 4.69) is 0 Å². The normalized spacial score (nSPS) is 32.7. The summed E-state index contributed by atoms with van der Waals surface area (Å²) in [7, 11) is 0. The SMILES string of the molecule is O=[N+]([O-])c1cccc(O[C@@H]2O[C@@H](CO)[C@@H](O)[C@@H](O)[C@H]2O)c1. The molecular weight excluding hydrogens is 286 g/mol. The van der Waals surface area contributed by atoms with E-state index in [0.29, 0.717) is 0 Å². The first-order valence-electron chi connectivity index (χ1n) is 6.15. The quantitative estimate of drug-likeness (QED) is 0.400. The van der Waals surface area contributed by atoms with Crippen molar-refractivity contribution >= 4 is 5.69 Å². The van der Waals surface area contributed by atoms with Crippen LogP contribution in [-0.2, 0) is 4.74 Å². The third kappa shape index (κ3) is 3.28. The molecule has 0 amide bonds. The largest absolute Gasteiger partial charge is 0.462 e. The molecule has 0 spiro atoms. The highest BCUT2D eigenvalue weighted by Gasteiger charge is 2.44. The Balaban J connectivity index is 2.14. The first-order chi connectivity index (χ1) is 9.93. The Bertz CT molecular complexity index is 508. The van der Waals surface area contributed by atoms with Crippen LogP contribution in [0.1, 0.15) is 0 Å². The summed E-state index contributed by atoms with van der Waals surface area (Å²) >= 11 is 0. The van der Waals surface area contributed by atoms with Gasteiger partial charge in [-0.2, -0.15) is 0 Å². The zero-order chi connectivity index (χ0) is 15.6. The Morgan fingerprint density at radius 3 is 2.57 bits per heavy atom. The molecule has 1 fully saturated rings. The third-order valence-corrected chi connectivity index (χ3v) is 3.13. The standard InChI is InChI=1S/C12H15NO8/c14-5-8-9(15)10(16)11(17)12(21-8)20-7-3-1-2-6(4-7)13(18)19/h1-4,8-12,14-17H,5H2/t8-,9+,10+,11+,12+/m0/s1. The van der Waals surface area contributed by atoms with E-state index in [0.717, 1.165) is 6.07 Å². The summed E-state index contributed by atoms with van der Waals surface area (Å²) in [5.74, 6) is 0.0496. The van der Waals surface area contributed by atoms with Gasteiger partial charge in [-0.1, -0.05) is 6.07 Å². The van der Waals surface area contributed by atoms with Crippen LogP contribution in [0.15, 0.2) is 24.3 Å². The Morgan fingerprint density at radius 2 is 1.95 bits per heavy atom. The van der Waals surface area contributed by atoms with Gasteiger partial charge >= 0.3 is 0 Å². The van der Waals surface area contributed by atoms with Gasteiger partial charge in [0.1, 0.15) is 30.2 Å². The number of nitro groups is 1. The molecule has 116 valence electrons. The van der Waals surface area contributed by atoms with E-state index in [-0.39, 0.29) is 11.4 Å². The highest BCUT2D eigenvalue weighted by molar-refractivity contribution is 5.38. The zero-order valence-corrected chi connectivity index (χ0v) is 10.8. The number of nitrogens with zero attached hydrogens (tertiary/aromatic N) is 1. The summed E-state index contributed by atoms with van der Waals surface area (Å²) in [6.45, 7) is -0.584. The van der Waals surface area contributed by atoms with Crippen LogP contribution in [0.5, 0.6) is 5.75 Å². The monoisotopic (exact) mass is 301 g/mol. The van der Waals surface area contributed by atoms with Gasteiger partial charge in [-0.15, -0.1) is 0 Å². The highest BCUT2D eigenvalue weighted by Crippen LogP contribution is 2.26. The van der Waals surface area contributed by atoms with Crippen molar-refractivity contribution in [2.45, 2.75) is 30.7 Å². The molecule has 0 saturated carbocycles. The molecule has 4 N–H and O–H groups in total. The fourth-order valence-electron chi connectivity index (χ4n) is 1.97. The van der Waals surface area contributed by atoms with Gasteiger partial charge in [0.05, 0.1) is 17.6 Å². The van der Waals surface area contributed by atoms with Gasteiger partial charge in [0.2, 0.25) is 6.29 Å². The number of benzene rings is 1. The van der Waals surface area contributed by atoms with Crippen molar-refractivity contribution in [1.29, 1.82) is 0 Å². The first kappa shape index (κ1) is 15.6.